The van der Waals surface area contributed by atoms with Crippen LogP contribution in [0.2, 0.25) is 0 Å². The third kappa shape index (κ3) is 6.16. The predicted molar refractivity (Wildman–Crippen MR) is 101 cm³/mol. The Balaban J connectivity index is 1.78. The lowest BCUT2D eigenvalue weighted by molar-refractivity contribution is -0.862. The van der Waals surface area contributed by atoms with E-state index in [2.05, 4.69) is 17.6 Å². The molecule has 0 aromatic heterocycles. The Labute approximate surface area is 151 Å². The molecule has 1 unspecified atom stereocenters. The molecule has 1 aromatic rings. The van der Waals surface area contributed by atoms with E-state index in [1.54, 1.807) is 0 Å². The molecule has 0 heterocycles. The molecule has 0 bridgehead atoms. The van der Waals surface area contributed by atoms with Crippen LogP contribution in [0.5, 0.6) is 0 Å². The summed E-state index contributed by atoms with van der Waals surface area (Å²) in [6.45, 7) is 6.79. The van der Waals surface area contributed by atoms with Gasteiger partial charge in [-0.1, -0.05) is 31.9 Å². The van der Waals surface area contributed by atoms with Crippen molar-refractivity contribution in [1.82, 2.24) is 5.32 Å². The number of carbonyl (C=O) groups is 2. The van der Waals surface area contributed by atoms with Gasteiger partial charge < -0.3 is 15.5 Å². The van der Waals surface area contributed by atoms with E-state index in [1.807, 2.05) is 39.1 Å². The molecule has 3 atom stereocenters. The van der Waals surface area contributed by atoms with Gasteiger partial charge in [0.2, 0.25) is 0 Å². The Hall–Kier alpha value is -1.88. The third-order valence-electron chi connectivity index (χ3n) is 5.05. The quantitative estimate of drug-likeness (QED) is 0.730. The number of anilines is 1. The van der Waals surface area contributed by atoms with Crippen LogP contribution in [-0.4, -0.2) is 38.0 Å². The second-order valence-corrected chi connectivity index (χ2v) is 7.61. The topological polar surface area (TPSA) is 62.6 Å². The Morgan fingerprint density at radius 3 is 2.52 bits per heavy atom. The van der Waals surface area contributed by atoms with Crippen LogP contribution in [0.1, 0.15) is 43.7 Å². The van der Waals surface area contributed by atoms with Crippen molar-refractivity contribution in [2.24, 2.45) is 5.92 Å². The Morgan fingerprint density at radius 2 is 1.80 bits per heavy atom. The highest BCUT2D eigenvalue weighted by Crippen LogP contribution is 2.23. The number of rotatable bonds is 6. The number of hydrogen-bond donors (Lipinski definition) is 3. The zero-order chi connectivity index (χ0) is 18.4. The monoisotopic (exact) mass is 346 g/mol. The number of quaternary nitrogens is 1. The molecule has 0 spiro atoms. The van der Waals surface area contributed by atoms with Crippen LogP contribution in [0.4, 0.5) is 5.69 Å². The first-order valence-electron chi connectivity index (χ1n) is 9.33. The Morgan fingerprint density at radius 1 is 1.12 bits per heavy atom. The summed E-state index contributed by atoms with van der Waals surface area (Å²) in [6.07, 6.45) is 4.71. The smallest absolute Gasteiger partial charge is 0.279 e. The maximum atomic E-state index is 12.2. The molecular formula is C20H32N3O2+. The summed E-state index contributed by atoms with van der Waals surface area (Å²) in [6, 6.07) is 6.29. The van der Waals surface area contributed by atoms with Crippen LogP contribution in [-0.2, 0) is 9.59 Å². The number of nitrogens with one attached hydrogen (secondary N) is 3. The fourth-order valence-electron chi connectivity index (χ4n) is 3.46. The Kier molecular flexibility index (Phi) is 7.00. The number of likely N-dealkylation sites (N-methyl/N-ethyl adjacent to an activating group) is 1. The predicted octanol–water partition coefficient (Wildman–Crippen LogP) is 1.45. The van der Waals surface area contributed by atoms with Crippen LogP contribution in [0.25, 0.3) is 0 Å². The summed E-state index contributed by atoms with van der Waals surface area (Å²) in [5, 5.41) is 6.10. The number of aryl methyl sites for hydroxylation is 2. The van der Waals surface area contributed by atoms with Gasteiger partial charge >= 0.3 is 0 Å². The van der Waals surface area contributed by atoms with Gasteiger partial charge in [-0.3, -0.25) is 9.59 Å². The fourth-order valence-corrected chi connectivity index (χ4v) is 3.46. The number of carbonyl (C=O) groups excluding carboxylic acids is 2. The second-order valence-electron chi connectivity index (χ2n) is 7.61. The zero-order valence-electron chi connectivity index (χ0n) is 15.9. The molecule has 1 aromatic carbocycles. The first-order chi connectivity index (χ1) is 11.8. The van der Waals surface area contributed by atoms with Crippen molar-refractivity contribution in [2.45, 2.75) is 52.5 Å². The standard InChI is InChI=1S/C20H31N3O2/c1-14-9-10-16(3)18(11-14)22-20(25)13-23(4)12-19(24)21-17-8-6-5-7-15(17)2/h9-11,15,17H,5-8,12-13H2,1-4H3,(H,21,24)(H,22,25)/p+1/t15-,17+/m0/s1. The van der Waals surface area contributed by atoms with Gasteiger partial charge in [-0.05, 0) is 49.8 Å². The normalized spacial score (nSPS) is 21.4. The van der Waals surface area contributed by atoms with Gasteiger partial charge in [0.05, 0.1) is 7.05 Å². The molecule has 1 aliphatic rings. The molecule has 0 aliphatic heterocycles. The van der Waals surface area contributed by atoms with Gasteiger partial charge in [-0.25, -0.2) is 0 Å². The average molecular weight is 346 g/mol. The number of amides is 2. The molecule has 5 heteroatoms. The van der Waals surface area contributed by atoms with Crippen molar-refractivity contribution in [3.05, 3.63) is 29.3 Å². The Bertz CT molecular complexity index is 615. The molecule has 25 heavy (non-hydrogen) atoms. The van der Waals surface area contributed by atoms with E-state index in [0.29, 0.717) is 12.5 Å². The van der Waals surface area contributed by atoms with Gasteiger partial charge in [0, 0.05) is 11.7 Å². The van der Waals surface area contributed by atoms with Crippen molar-refractivity contribution in [2.75, 3.05) is 25.5 Å². The molecule has 1 fully saturated rings. The molecule has 0 radical (unpaired) electrons. The summed E-state index contributed by atoms with van der Waals surface area (Å²) in [5.74, 6) is 0.520. The summed E-state index contributed by atoms with van der Waals surface area (Å²) >= 11 is 0. The molecule has 5 nitrogen and oxygen atoms in total. The second kappa shape index (κ2) is 8.99. The van der Waals surface area contributed by atoms with Gasteiger partial charge in [-0.2, -0.15) is 0 Å². The van der Waals surface area contributed by atoms with Crippen molar-refractivity contribution >= 4 is 17.5 Å². The lowest BCUT2D eigenvalue weighted by Crippen LogP contribution is -3.11. The van der Waals surface area contributed by atoms with E-state index in [1.165, 1.54) is 19.3 Å². The van der Waals surface area contributed by atoms with Gasteiger partial charge in [-0.15, -0.1) is 0 Å². The average Bonchev–Trinajstić information content (AvgIpc) is 2.52. The minimum Gasteiger partial charge on any atom is -0.348 e. The van der Waals surface area contributed by atoms with Crippen LogP contribution in [0, 0.1) is 19.8 Å². The van der Waals surface area contributed by atoms with E-state index < -0.39 is 0 Å². The van der Waals surface area contributed by atoms with Crippen LogP contribution < -0.4 is 15.5 Å². The van der Waals surface area contributed by atoms with Crippen LogP contribution in [0.15, 0.2) is 18.2 Å². The van der Waals surface area contributed by atoms with E-state index in [0.717, 1.165) is 28.1 Å². The molecule has 1 aliphatic carbocycles. The first kappa shape index (κ1) is 19.4. The van der Waals surface area contributed by atoms with Gasteiger partial charge in [0.1, 0.15) is 0 Å². The SMILES string of the molecule is Cc1ccc(C)c(NC(=O)C[NH+](C)CC(=O)N[C@@H]2CCCC[C@@H]2C)c1. The molecule has 2 amide bonds. The first-order valence-corrected chi connectivity index (χ1v) is 9.33. The van der Waals surface area contributed by atoms with Gasteiger partial charge in [0.15, 0.2) is 13.1 Å². The lowest BCUT2D eigenvalue weighted by Gasteiger charge is -2.29. The maximum Gasteiger partial charge on any atom is 0.279 e. The van der Waals surface area contributed by atoms with Crippen molar-refractivity contribution in [3.8, 4) is 0 Å². The highest BCUT2D eigenvalue weighted by atomic mass is 16.2. The van der Waals surface area contributed by atoms with Crippen molar-refractivity contribution in [3.63, 3.8) is 0 Å². The molecule has 138 valence electrons. The van der Waals surface area contributed by atoms with E-state index in [9.17, 15) is 9.59 Å². The number of benzene rings is 1. The summed E-state index contributed by atoms with van der Waals surface area (Å²) in [4.78, 5) is 25.4. The van der Waals surface area contributed by atoms with Crippen molar-refractivity contribution < 1.29 is 14.5 Å². The van der Waals surface area contributed by atoms with Crippen LogP contribution >= 0.6 is 0 Å². The zero-order valence-corrected chi connectivity index (χ0v) is 15.9. The fraction of sp³-hybridized carbons (Fsp3) is 0.600. The largest absolute Gasteiger partial charge is 0.348 e. The highest BCUT2D eigenvalue weighted by molar-refractivity contribution is 5.92. The van der Waals surface area contributed by atoms with E-state index in [-0.39, 0.29) is 24.4 Å². The third-order valence-corrected chi connectivity index (χ3v) is 5.05. The van der Waals surface area contributed by atoms with Gasteiger partial charge in [0.25, 0.3) is 11.8 Å². The minimum absolute atomic E-state index is 0.0378. The molecule has 0 saturated heterocycles. The molecule has 3 N–H and O–H groups in total. The molecular weight excluding hydrogens is 314 g/mol. The van der Waals surface area contributed by atoms with Crippen molar-refractivity contribution in [1.29, 1.82) is 0 Å². The summed E-state index contributed by atoms with van der Waals surface area (Å²) in [5.41, 5.74) is 3.00. The summed E-state index contributed by atoms with van der Waals surface area (Å²) in [7, 11) is 1.88. The number of hydrogen-bond acceptors (Lipinski definition) is 2. The van der Waals surface area contributed by atoms with E-state index in [4.69, 9.17) is 0 Å². The minimum atomic E-state index is -0.0648. The lowest BCUT2D eigenvalue weighted by atomic mass is 9.86. The van der Waals surface area contributed by atoms with Crippen LogP contribution in [0.3, 0.4) is 0 Å². The van der Waals surface area contributed by atoms with E-state index >= 15 is 0 Å². The molecule has 2 rings (SSSR count). The maximum absolute atomic E-state index is 12.2. The highest BCUT2D eigenvalue weighted by Gasteiger charge is 2.24. The molecule has 1 saturated carbocycles. The summed E-state index contributed by atoms with van der Waals surface area (Å²) < 4.78 is 0.